The largest absolute Gasteiger partial charge is 0.355 e. The Bertz CT molecular complexity index is 283. The Kier molecular flexibility index (Phi) is 12.5. The van der Waals surface area contributed by atoms with Gasteiger partial charge in [-0.25, -0.2) is 0 Å². The van der Waals surface area contributed by atoms with E-state index in [0.29, 0.717) is 6.04 Å². The number of halogens is 1. The standard InChI is InChI=1S/C16H34N4.HI/c1-5-11-20(6-2)12-10-18-16(17-4)19-15-9-7-8-14(3)13-15;/h14-15H,5-13H2,1-4H3,(H2,17,18,19);1H. The Balaban J connectivity index is 0.00000400. The lowest BCUT2D eigenvalue weighted by atomic mass is 9.87. The summed E-state index contributed by atoms with van der Waals surface area (Å²) in [6.07, 6.45) is 6.50. The SMILES string of the molecule is CCCN(CC)CCNC(=NC)NC1CCCC(C)C1.I. The predicted molar refractivity (Wildman–Crippen MR) is 104 cm³/mol. The molecular weight excluding hydrogens is 375 g/mol. The molecule has 0 aromatic carbocycles. The molecule has 4 nitrogen and oxygen atoms in total. The van der Waals surface area contributed by atoms with Gasteiger partial charge in [0.1, 0.15) is 0 Å². The Labute approximate surface area is 148 Å². The Morgan fingerprint density at radius 2 is 2.00 bits per heavy atom. The molecule has 5 heteroatoms. The molecule has 0 aromatic heterocycles. The molecule has 0 bridgehead atoms. The topological polar surface area (TPSA) is 39.7 Å². The van der Waals surface area contributed by atoms with E-state index in [1.807, 2.05) is 7.05 Å². The van der Waals surface area contributed by atoms with E-state index in [2.05, 4.69) is 41.3 Å². The van der Waals surface area contributed by atoms with Crippen LogP contribution in [0.5, 0.6) is 0 Å². The average Bonchev–Trinajstić information content (AvgIpc) is 2.45. The van der Waals surface area contributed by atoms with Crippen LogP contribution in [0.1, 0.15) is 52.9 Å². The van der Waals surface area contributed by atoms with Crippen molar-refractivity contribution < 1.29 is 0 Å². The van der Waals surface area contributed by atoms with Gasteiger partial charge in [-0.2, -0.15) is 0 Å². The van der Waals surface area contributed by atoms with Crippen LogP contribution in [0.2, 0.25) is 0 Å². The number of hydrogen-bond acceptors (Lipinski definition) is 2. The summed E-state index contributed by atoms with van der Waals surface area (Å²) in [4.78, 5) is 6.83. The molecule has 0 aromatic rings. The van der Waals surface area contributed by atoms with E-state index in [0.717, 1.165) is 31.5 Å². The summed E-state index contributed by atoms with van der Waals surface area (Å²) in [6, 6.07) is 0.600. The molecule has 0 spiro atoms. The van der Waals surface area contributed by atoms with Gasteiger partial charge in [0.15, 0.2) is 5.96 Å². The number of aliphatic imine (C=N–C) groups is 1. The molecule has 1 fully saturated rings. The predicted octanol–water partition coefficient (Wildman–Crippen LogP) is 3.08. The van der Waals surface area contributed by atoms with Crippen molar-refractivity contribution in [3.63, 3.8) is 0 Å². The van der Waals surface area contributed by atoms with Gasteiger partial charge in [0.25, 0.3) is 0 Å². The Hall–Kier alpha value is -0.0400. The molecule has 0 saturated heterocycles. The van der Waals surface area contributed by atoms with E-state index in [-0.39, 0.29) is 24.0 Å². The van der Waals surface area contributed by atoms with Crippen LogP contribution in [0.15, 0.2) is 4.99 Å². The lowest BCUT2D eigenvalue weighted by Crippen LogP contribution is -2.47. The number of guanidine groups is 1. The molecule has 126 valence electrons. The summed E-state index contributed by atoms with van der Waals surface area (Å²) in [5.74, 6) is 1.82. The van der Waals surface area contributed by atoms with E-state index < -0.39 is 0 Å². The fourth-order valence-corrected chi connectivity index (χ4v) is 3.03. The second kappa shape index (κ2) is 12.5. The van der Waals surface area contributed by atoms with Crippen molar-refractivity contribution >= 4 is 29.9 Å². The number of nitrogens with zero attached hydrogens (tertiary/aromatic N) is 2. The lowest BCUT2D eigenvalue weighted by molar-refractivity contribution is 0.291. The normalized spacial score (nSPS) is 22.8. The molecule has 0 aliphatic heterocycles. The zero-order valence-corrected chi connectivity index (χ0v) is 16.7. The summed E-state index contributed by atoms with van der Waals surface area (Å²) in [5.41, 5.74) is 0. The van der Waals surface area contributed by atoms with Gasteiger partial charge in [0.2, 0.25) is 0 Å². The monoisotopic (exact) mass is 410 g/mol. The highest BCUT2D eigenvalue weighted by molar-refractivity contribution is 14.0. The Morgan fingerprint density at radius 3 is 2.57 bits per heavy atom. The van der Waals surface area contributed by atoms with Crippen LogP contribution in [-0.4, -0.2) is 50.1 Å². The molecule has 2 unspecified atom stereocenters. The van der Waals surface area contributed by atoms with Crippen molar-refractivity contribution in [2.75, 3.05) is 33.2 Å². The van der Waals surface area contributed by atoms with E-state index in [9.17, 15) is 0 Å². The maximum atomic E-state index is 4.35. The first-order valence-corrected chi connectivity index (χ1v) is 8.39. The van der Waals surface area contributed by atoms with Crippen molar-refractivity contribution in [2.24, 2.45) is 10.9 Å². The third kappa shape index (κ3) is 8.86. The molecular formula is C16H35IN4. The fraction of sp³-hybridized carbons (Fsp3) is 0.938. The molecule has 1 saturated carbocycles. The van der Waals surface area contributed by atoms with Crippen LogP contribution < -0.4 is 10.6 Å². The van der Waals surface area contributed by atoms with Crippen molar-refractivity contribution in [3.05, 3.63) is 0 Å². The van der Waals surface area contributed by atoms with Gasteiger partial charge in [0, 0.05) is 26.2 Å². The first-order chi connectivity index (χ1) is 9.69. The zero-order chi connectivity index (χ0) is 14.8. The minimum atomic E-state index is 0. The van der Waals surface area contributed by atoms with Crippen molar-refractivity contribution in [3.8, 4) is 0 Å². The summed E-state index contributed by atoms with van der Waals surface area (Å²) in [5, 5.41) is 7.03. The zero-order valence-electron chi connectivity index (χ0n) is 14.3. The maximum Gasteiger partial charge on any atom is 0.191 e. The van der Waals surface area contributed by atoms with Crippen LogP contribution in [0.3, 0.4) is 0 Å². The molecule has 1 aliphatic carbocycles. The average molecular weight is 410 g/mol. The number of nitrogens with one attached hydrogen (secondary N) is 2. The van der Waals surface area contributed by atoms with Crippen molar-refractivity contribution in [2.45, 2.75) is 58.9 Å². The number of hydrogen-bond donors (Lipinski definition) is 2. The van der Waals surface area contributed by atoms with Gasteiger partial charge in [-0.3, -0.25) is 4.99 Å². The number of likely N-dealkylation sites (N-methyl/N-ethyl adjacent to an activating group) is 1. The smallest absolute Gasteiger partial charge is 0.191 e. The Morgan fingerprint density at radius 1 is 1.24 bits per heavy atom. The highest BCUT2D eigenvalue weighted by atomic mass is 127. The molecule has 1 aliphatic rings. The van der Waals surface area contributed by atoms with E-state index in [1.165, 1.54) is 38.6 Å². The second-order valence-corrected chi connectivity index (χ2v) is 6.05. The van der Waals surface area contributed by atoms with Crippen LogP contribution in [0, 0.1) is 5.92 Å². The highest BCUT2D eigenvalue weighted by Gasteiger charge is 2.19. The quantitative estimate of drug-likeness (QED) is 0.385. The molecule has 21 heavy (non-hydrogen) atoms. The summed E-state index contributed by atoms with van der Waals surface area (Å²) >= 11 is 0. The third-order valence-corrected chi connectivity index (χ3v) is 4.21. The highest BCUT2D eigenvalue weighted by Crippen LogP contribution is 2.23. The van der Waals surface area contributed by atoms with E-state index in [4.69, 9.17) is 0 Å². The minimum absolute atomic E-state index is 0. The first kappa shape index (κ1) is 21.0. The van der Waals surface area contributed by atoms with E-state index in [1.54, 1.807) is 0 Å². The van der Waals surface area contributed by atoms with Crippen LogP contribution >= 0.6 is 24.0 Å². The minimum Gasteiger partial charge on any atom is -0.355 e. The van der Waals surface area contributed by atoms with Crippen molar-refractivity contribution in [1.82, 2.24) is 15.5 Å². The van der Waals surface area contributed by atoms with Gasteiger partial charge in [-0.1, -0.05) is 33.6 Å². The van der Waals surface area contributed by atoms with Crippen LogP contribution in [-0.2, 0) is 0 Å². The van der Waals surface area contributed by atoms with Gasteiger partial charge < -0.3 is 15.5 Å². The molecule has 1 rings (SSSR count). The van der Waals surface area contributed by atoms with Crippen LogP contribution in [0.25, 0.3) is 0 Å². The van der Waals surface area contributed by atoms with Gasteiger partial charge in [-0.15, -0.1) is 24.0 Å². The molecule has 0 heterocycles. The first-order valence-electron chi connectivity index (χ1n) is 8.39. The number of rotatable bonds is 7. The molecule has 2 atom stereocenters. The fourth-order valence-electron chi connectivity index (χ4n) is 3.03. The van der Waals surface area contributed by atoms with Gasteiger partial charge in [0.05, 0.1) is 0 Å². The van der Waals surface area contributed by atoms with Crippen molar-refractivity contribution in [1.29, 1.82) is 0 Å². The van der Waals surface area contributed by atoms with Gasteiger partial charge >= 0.3 is 0 Å². The second-order valence-electron chi connectivity index (χ2n) is 6.05. The summed E-state index contributed by atoms with van der Waals surface area (Å²) in [7, 11) is 1.87. The molecule has 2 N–H and O–H groups in total. The van der Waals surface area contributed by atoms with E-state index >= 15 is 0 Å². The third-order valence-electron chi connectivity index (χ3n) is 4.21. The maximum absolute atomic E-state index is 4.35. The van der Waals surface area contributed by atoms with Gasteiger partial charge in [-0.05, 0) is 38.3 Å². The molecule has 0 radical (unpaired) electrons. The van der Waals surface area contributed by atoms with Crippen LogP contribution in [0.4, 0.5) is 0 Å². The lowest BCUT2D eigenvalue weighted by Gasteiger charge is -2.29. The summed E-state index contributed by atoms with van der Waals surface area (Å²) < 4.78 is 0. The summed E-state index contributed by atoms with van der Waals surface area (Å²) in [6.45, 7) is 11.2. The molecule has 0 amide bonds.